The molecule has 7 nitrogen and oxygen atoms in total. The Morgan fingerprint density at radius 3 is 2.06 bits per heavy atom. The number of carbonyl (C=O) groups excluding carboxylic acids is 3. The van der Waals surface area contributed by atoms with E-state index in [9.17, 15) is 14.4 Å². The van der Waals surface area contributed by atoms with Gasteiger partial charge in [0.05, 0.1) is 0 Å². The highest BCUT2D eigenvalue weighted by atomic mass is 16.6. The predicted molar refractivity (Wildman–Crippen MR) is 136 cm³/mol. The summed E-state index contributed by atoms with van der Waals surface area (Å²) in [6, 6.07) is 6.57. The molecule has 2 N–H and O–H groups in total. The highest BCUT2D eigenvalue weighted by molar-refractivity contribution is 5.91. The van der Waals surface area contributed by atoms with Gasteiger partial charge in [0.15, 0.2) is 0 Å². The van der Waals surface area contributed by atoms with Crippen LogP contribution in [0.5, 0.6) is 0 Å². The molecule has 0 spiro atoms. The van der Waals surface area contributed by atoms with E-state index in [4.69, 9.17) is 4.74 Å². The molecule has 0 aromatic heterocycles. The standard InChI is InChI=1S/C27H45N3O4/c1-18(2)15-16-20(4)30(22(31)17-28-25(33)34-27(8,9)10)23(24(32)29-26(5,6)7)21-14-12-11-13-19(21)3/h11-14,18,20,23H,15-17H2,1-10H3,(H,28,33)(H,29,32). The first-order valence-electron chi connectivity index (χ1n) is 12.2. The van der Waals surface area contributed by atoms with E-state index in [1.807, 2.05) is 58.9 Å². The van der Waals surface area contributed by atoms with Crippen LogP contribution in [-0.2, 0) is 14.3 Å². The summed E-state index contributed by atoms with van der Waals surface area (Å²) in [5.41, 5.74) is 0.549. The topological polar surface area (TPSA) is 87.7 Å². The smallest absolute Gasteiger partial charge is 0.408 e. The van der Waals surface area contributed by atoms with Crippen molar-refractivity contribution < 1.29 is 19.1 Å². The number of amides is 3. The van der Waals surface area contributed by atoms with Crippen molar-refractivity contribution in [1.82, 2.24) is 15.5 Å². The molecule has 0 aliphatic carbocycles. The van der Waals surface area contributed by atoms with Crippen LogP contribution in [0, 0.1) is 12.8 Å². The zero-order valence-electron chi connectivity index (χ0n) is 22.7. The molecule has 1 rings (SSSR count). The molecule has 0 saturated carbocycles. The van der Waals surface area contributed by atoms with E-state index in [0.717, 1.165) is 24.0 Å². The number of nitrogens with zero attached hydrogens (tertiary/aromatic N) is 1. The molecular formula is C27H45N3O4. The molecule has 0 bridgehead atoms. The fraction of sp³-hybridized carbons (Fsp3) is 0.667. The van der Waals surface area contributed by atoms with Crippen molar-refractivity contribution in [3.8, 4) is 0 Å². The number of aryl methyl sites for hydroxylation is 1. The van der Waals surface area contributed by atoms with Crippen LogP contribution in [0.3, 0.4) is 0 Å². The molecule has 3 amide bonds. The lowest BCUT2D eigenvalue weighted by Gasteiger charge is -2.38. The minimum absolute atomic E-state index is 0.217. The van der Waals surface area contributed by atoms with Crippen molar-refractivity contribution in [3.63, 3.8) is 0 Å². The largest absolute Gasteiger partial charge is 0.444 e. The van der Waals surface area contributed by atoms with Crippen LogP contribution in [-0.4, -0.2) is 46.5 Å². The minimum Gasteiger partial charge on any atom is -0.444 e. The molecule has 1 aromatic rings. The summed E-state index contributed by atoms with van der Waals surface area (Å²) >= 11 is 0. The van der Waals surface area contributed by atoms with E-state index in [-0.39, 0.29) is 24.4 Å². The van der Waals surface area contributed by atoms with E-state index in [1.54, 1.807) is 25.7 Å². The van der Waals surface area contributed by atoms with E-state index in [1.165, 1.54) is 0 Å². The van der Waals surface area contributed by atoms with Crippen molar-refractivity contribution in [2.24, 2.45) is 5.92 Å². The molecule has 0 fully saturated rings. The van der Waals surface area contributed by atoms with Gasteiger partial charge in [-0.15, -0.1) is 0 Å². The lowest BCUT2D eigenvalue weighted by Crippen LogP contribution is -2.53. The highest BCUT2D eigenvalue weighted by Crippen LogP contribution is 2.29. The van der Waals surface area contributed by atoms with Crippen LogP contribution in [0.1, 0.15) is 92.3 Å². The lowest BCUT2D eigenvalue weighted by atomic mass is 9.94. The van der Waals surface area contributed by atoms with Gasteiger partial charge in [-0.2, -0.15) is 0 Å². The second-order valence-electron chi connectivity index (χ2n) is 11.5. The molecule has 7 heteroatoms. The number of rotatable bonds is 9. The summed E-state index contributed by atoms with van der Waals surface area (Å²) < 4.78 is 5.28. The molecular weight excluding hydrogens is 430 g/mol. The normalized spacial score (nSPS) is 13.7. The summed E-state index contributed by atoms with van der Waals surface area (Å²) in [5, 5.41) is 5.61. The van der Waals surface area contributed by atoms with Crippen molar-refractivity contribution in [2.75, 3.05) is 6.54 Å². The Bertz CT molecular complexity index is 837. The zero-order valence-corrected chi connectivity index (χ0v) is 22.7. The van der Waals surface area contributed by atoms with Gasteiger partial charge in [-0.3, -0.25) is 9.59 Å². The Labute approximate surface area is 206 Å². The summed E-state index contributed by atoms with van der Waals surface area (Å²) in [6.07, 6.45) is 0.981. The molecule has 2 unspecified atom stereocenters. The summed E-state index contributed by atoms with van der Waals surface area (Å²) in [4.78, 5) is 41.0. The van der Waals surface area contributed by atoms with E-state index in [2.05, 4.69) is 24.5 Å². The SMILES string of the molecule is Cc1ccccc1C(C(=O)NC(C)(C)C)N(C(=O)CNC(=O)OC(C)(C)C)C(C)CCC(C)C. The predicted octanol–water partition coefficient (Wildman–Crippen LogP) is 5.13. The number of hydrogen-bond donors (Lipinski definition) is 2. The third-order valence-corrected chi connectivity index (χ3v) is 5.22. The average molecular weight is 476 g/mol. The quantitative estimate of drug-likeness (QED) is 0.518. The fourth-order valence-electron chi connectivity index (χ4n) is 3.66. The maximum atomic E-state index is 13.6. The van der Waals surface area contributed by atoms with Crippen LogP contribution < -0.4 is 10.6 Å². The third kappa shape index (κ3) is 10.1. The van der Waals surface area contributed by atoms with Gasteiger partial charge >= 0.3 is 6.09 Å². The number of nitrogens with one attached hydrogen (secondary N) is 2. The average Bonchev–Trinajstić information content (AvgIpc) is 2.66. The van der Waals surface area contributed by atoms with Crippen LogP contribution in [0.2, 0.25) is 0 Å². The molecule has 0 radical (unpaired) electrons. The van der Waals surface area contributed by atoms with Crippen LogP contribution in [0.25, 0.3) is 0 Å². The first kappa shape index (κ1) is 29.5. The van der Waals surface area contributed by atoms with Crippen molar-refractivity contribution in [3.05, 3.63) is 35.4 Å². The number of alkyl carbamates (subject to hydrolysis) is 1. The molecule has 0 saturated heterocycles. The monoisotopic (exact) mass is 475 g/mol. The van der Waals surface area contributed by atoms with Crippen LogP contribution >= 0.6 is 0 Å². The molecule has 1 aromatic carbocycles. The lowest BCUT2D eigenvalue weighted by molar-refractivity contribution is -0.143. The van der Waals surface area contributed by atoms with E-state index in [0.29, 0.717) is 5.92 Å². The van der Waals surface area contributed by atoms with Crippen molar-refractivity contribution in [2.45, 2.75) is 105 Å². The summed E-state index contributed by atoms with van der Waals surface area (Å²) in [6.45, 7) is 18.9. The Morgan fingerprint density at radius 2 is 1.56 bits per heavy atom. The van der Waals surface area contributed by atoms with Gasteiger partial charge in [0.25, 0.3) is 0 Å². The second-order valence-corrected chi connectivity index (χ2v) is 11.5. The molecule has 0 aliphatic heterocycles. The van der Waals surface area contributed by atoms with Gasteiger partial charge in [0.1, 0.15) is 18.2 Å². The fourth-order valence-corrected chi connectivity index (χ4v) is 3.66. The van der Waals surface area contributed by atoms with Gasteiger partial charge in [-0.25, -0.2) is 4.79 Å². The van der Waals surface area contributed by atoms with Gasteiger partial charge < -0.3 is 20.3 Å². The maximum Gasteiger partial charge on any atom is 0.408 e. The maximum absolute atomic E-state index is 13.6. The highest BCUT2D eigenvalue weighted by Gasteiger charge is 2.36. The molecule has 2 atom stereocenters. The van der Waals surface area contributed by atoms with Crippen molar-refractivity contribution >= 4 is 17.9 Å². The first-order valence-corrected chi connectivity index (χ1v) is 12.2. The Kier molecular flexibility index (Phi) is 10.6. The Balaban J connectivity index is 3.38. The summed E-state index contributed by atoms with van der Waals surface area (Å²) in [5.74, 6) is -0.122. The molecule has 0 heterocycles. The van der Waals surface area contributed by atoms with Crippen LogP contribution in [0.15, 0.2) is 24.3 Å². The number of ether oxygens (including phenoxy) is 1. The van der Waals surface area contributed by atoms with Gasteiger partial charge in [0.2, 0.25) is 11.8 Å². The number of benzene rings is 1. The third-order valence-electron chi connectivity index (χ3n) is 5.22. The molecule has 34 heavy (non-hydrogen) atoms. The van der Waals surface area contributed by atoms with E-state index < -0.39 is 23.3 Å². The van der Waals surface area contributed by atoms with Gasteiger partial charge in [-0.1, -0.05) is 38.1 Å². The Morgan fingerprint density at radius 1 is 0.971 bits per heavy atom. The van der Waals surface area contributed by atoms with E-state index >= 15 is 0 Å². The number of hydrogen-bond acceptors (Lipinski definition) is 4. The van der Waals surface area contributed by atoms with Gasteiger partial charge in [0, 0.05) is 11.6 Å². The summed E-state index contributed by atoms with van der Waals surface area (Å²) in [7, 11) is 0. The minimum atomic E-state index is -0.824. The molecule has 0 aliphatic rings. The zero-order chi connectivity index (χ0) is 26.3. The second kappa shape index (κ2) is 12.2. The van der Waals surface area contributed by atoms with Gasteiger partial charge in [-0.05, 0) is 85.3 Å². The molecule has 192 valence electrons. The first-order chi connectivity index (χ1) is 15.5. The Hall–Kier alpha value is -2.57. The van der Waals surface area contributed by atoms with Crippen molar-refractivity contribution in [1.29, 1.82) is 0 Å². The number of carbonyl (C=O) groups is 3. The van der Waals surface area contributed by atoms with Crippen LogP contribution in [0.4, 0.5) is 4.79 Å².